The third kappa shape index (κ3) is 4.97. The number of piperazine rings is 1. The molecule has 0 aliphatic carbocycles. The van der Waals surface area contributed by atoms with E-state index in [1.54, 1.807) is 0 Å². The molecule has 118 valence electrons. The van der Waals surface area contributed by atoms with Crippen LogP contribution in [0.3, 0.4) is 0 Å². The molecule has 1 saturated heterocycles. The Hall–Kier alpha value is -0.590. The van der Waals surface area contributed by atoms with Gasteiger partial charge in [0, 0.05) is 43.1 Å². The third-order valence-corrected chi connectivity index (χ3v) is 4.39. The van der Waals surface area contributed by atoms with Gasteiger partial charge >= 0.3 is 6.18 Å². The Balaban J connectivity index is 2.23. The van der Waals surface area contributed by atoms with E-state index in [0.717, 1.165) is 41.8 Å². The molecule has 1 aliphatic heterocycles. The summed E-state index contributed by atoms with van der Waals surface area (Å²) in [6.45, 7) is 5.19. The first-order valence-electron chi connectivity index (χ1n) is 7.14. The molecule has 1 atom stereocenters. The maximum absolute atomic E-state index is 12.6. The quantitative estimate of drug-likeness (QED) is 0.866. The molecule has 1 aliphatic rings. The lowest BCUT2D eigenvalue weighted by molar-refractivity contribution is -0.138. The second-order valence-electron chi connectivity index (χ2n) is 5.46. The van der Waals surface area contributed by atoms with Crippen molar-refractivity contribution in [1.29, 1.82) is 0 Å². The van der Waals surface area contributed by atoms with Gasteiger partial charge in [-0.3, -0.25) is 4.90 Å². The van der Waals surface area contributed by atoms with Crippen molar-refractivity contribution >= 4 is 15.9 Å². The van der Waals surface area contributed by atoms with Crippen molar-refractivity contribution in [3.8, 4) is 0 Å². The summed E-state index contributed by atoms with van der Waals surface area (Å²) in [7, 11) is 0. The van der Waals surface area contributed by atoms with E-state index in [-0.39, 0.29) is 12.5 Å². The number of hydrogen-bond acceptors (Lipinski definition) is 2. The molecule has 1 aromatic carbocycles. The van der Waals surface area contributed by atoms with Crippen LogP contribution in [0.5, 0.6) is 0 Å². The molecule has 2 nitrogen and oxygen atoms in total. The van der Waals surface area contributed by atoms with Gasteiger partial charge in [-0.25, -0.2) is 0 Å². The molecule has 1 aromatic rings. The Kier molecular flexibility index (Phi) is 5.68. The van der Waals surface area contributed by atoms with Gasteiger partial charge in [-0.1, -0.05) is 22.0 Å². The van der Waals surface area contributed by atoms with E-state index in [1.165, 1.54) is 0 Å². The van der Waals surface area contributed by atoms with Crippen LogP contribution in [0, 0.1) is 6.92 Å². The van der Waals surface area contributed by atoms with Gasteiger partial charge in [0.2, 0.25) is 0 Å². The average molecular weight is 365 g/mol. The first-order chi connectivity index (χ1) is 9.87. The van der Waals surface area contributed by atoms with Gasteiger partial charge in [0.1, 0.15) is 0 Å². The SMILES string of the molecule is Cc1ccc(Br)cc1[C@H](CCC(F)(F)F)N1CCNCC1. The second kappa shape index (κ2) is 7.11. The van der Waals surface area contributed by atoms with Crippen molar-refractivity contribution < 1.29 is 13.2 Å². The number of aryl methyl sites for hydroxylation is 1. The molecule has 2 rings (SSSR count). The molecule has 1 fully saturated rings. The van der Waals surface area contributed by atoms with Crippen LogP contribution in [0.1, 0.15) is 30.0 Å². The first-order valence-corrected chi connectivity index (χ1v) is 7.94. The highest BCUT2D eigenvalue weighted by atomic mass is 79.9. The average Bonchev–Trinajstić information content (AvgIpc) is 2.43. The van der Waals surface area contributed by atoms with E-state index in [1.807, 2.05) is 25.1 Å². The van der Waals surface area contributed by atoms with Crippen LogP contribution in [0.15, 0.2) is 22.7 Å². The summed E-state index contributed by atoms with van der Waals surface area (Å²) in [5, 5.41) is 3.25. The smallest absolute Gasteiger partial charge is 0.314 e. The molecule has 21 heavy (non-hydrogen) atoms. The molecule has 0 bridgehead atoms. The molecule has 0 radical (unpaired) electrons. The Morgan fingerprint density at radius 3 is 2.57 bits per heavy atom. The van der Waals surface area contributed by atoms with Gasteiger partial charge in [0.25, 0.3) is 0 Å². The van der Waals surface area contributed by atoms with E-state index >= 15 is 0 Å². The van der Waals surface area contributed by atoms with Crippen molar-refractivity contribution in [3.05, 3.63) is 33.8 Å². The highest BCUT2D eigenvalue weighted by Gasteiger charge is 2.31. The van der Waals surface area contributed by atoms with E-state index in [4.69, 9.17) is 0 Å². The summed E-state index contributed by atoms with van der Waals surface area (Å²) >= 11 is 3.43. The predicted molar refractivity (Wildman–Crippen MR) is 81.4 cm³/mol. The molecule has 0 spiro atoms. The normalized spacial score (nSPS) is 18.7. The van der Waals surface area contributed by atoms with Gasteiger partial charge in [-0.05, 0) is 36.6 Å². The van der Waals surface area contributed by atoms with Crippen LogP contribution in [0.25, 0.3) is 0 Å². The molecule has 0 aromatic heterocycles. The van der Waals surface area contributed by atoms with Gasteiger partial charge in [0.05, 0.1) is 0 Å². The Labute approximate surface area is 131 Å². The van der Waals surface area contributed by atoms with Crippen LogP contribution in [-0.2, 0) is 0 Å². The highest BCUT2D eigenvalue weighted by molar-refractivity contribution is 9.10. The van der Waals surface area contributed by atoms with Crippen molar-refractivity contribution in [3.63, 3.8) is 0 Å². The summed E-state index contributed by atoms with van der Waals surface area (Å²) in [6.07, 6.45) is -4.74. The van der Waals surface area contributed by atoms with Crippen molar-refractivity contribution in [2.24, 2.45) is 0 Å². The number of rotatable bonds is 4. The summed E-state index contributed by atoms with van der Waals surface area (Å²) in [4.78, 5) is 2.16. The number of hydrogen-bond donors (Lipinski definition) is 1. The highest BCUT2D eigenvalue weighted by Crippen LogP contribution is 2.34. The Morgan fingerprint density at radius 2 is 1.95 bits per heavy atom. The van der Waals surface area contributed by atoms with Crippen molar-refractivity contribution in [2.45, 2.75) is 32.0 Å². The third-order valence-electron chi connectivity index (χ3n) is 3.89. The zero-order valence-electron chi connectivity index (χ0n) is 12.0. The van der Waals surface area contributed by atoms with E-state index in [9.17, 15) is 13.2 Å². The molecule has 0 saturated carbocycles. The molecular weight excluding hydrogens is 345 g/mol. The van der Waals surface area contributed by atoms with Gasteiger partial charge < -0.3 is 5.32 Å². The number of benzene rings is 1. The molecule has 1 N–H and O–H groups in total. The topological polar surface area (TPSA) is 15.3 Å². The first kappa shape index (κ1) is 16.8. The zero-order chi connectivity index (χ0) is 15.5. The van der Waals surface area contributed by atoms with Crippen LogP contribution < -0.4 is 5.32 Å². The molecular formula is C15H20BrF3N2. The van der Waals surface area contributed by atoms with Crippen LogP contribution >= 0.6 is 15.9 Å². The van der Waals surface area contributed by atoms with Crippen LogP contribution in [-0.4, -0.2) is 37.3 Å². The lowest BCUT2D eigenvalue weighted by atomic mass is 9.95. The standard InChI is InChI=1S/C15H20BrF3N2/c1-11-2-3-12(16)10-13(11)14(4-5-15(17,18)19)21-8-6-20-7-9-21/h2-3,10,14,20H,4-9H2,1H3/t14-/m0/s1. The summed E-state index contributed by atoms with van der Waals surface area (Å²) in [5.41, 5.74) is 2.04. The maximum atomic E-state index is 12.6. The fraction of sp³-hybridized carbons (Fsp3) is 0.600. The number of halogens is 4. The van der Waals surface area contributed by atoms with Crippen molar-refractivity contribution in [2.75, 3.05) is 26.2 Å². The Morgan fingerprint density at radius 1 is 1.29 bits per heavy atom. The summed E-state index contributed by atoms with van der Waals surface area (Å²) in [6, 6.07) is 5.67. The second-order valence-corrected chi connectivity index (χ2v) is 6.37. The largest absolute Gasteiger partial charge is 0.389 e. The fourth-order valence-electron chi connectivity index (χ4n) is 2.80. The molecule has 0 unspecified atom stereocenters. The number of nitrogens with zero attached hydrogens (tertiary/aromatic N) is 1. The minimum atomic E-state index is -4.10. The van der Waals surface area contributed by atoms with Crippen LogP contribution in [0.4, 0.5) is 13.2 Å². The molecule has 1 heterocycles. The molecule has 0 amide bonds. The van der Waals surface area contributed by atoms with Gasteiger partial charge in [-0.15, -0.1) is 0 Å². The number of alkyl halides is 3. The van der Waals surface area contributed by atoms with Gasteiger partial charge in [-0.2, -0.15) is 13.2 Å². The fourth-order valence-corrected chi connectivity index (χ4v) is 3.18. The van der Waals surface area contributed by atoms with E-state index in [0.29, 0.717) is 0 Å². The number of nitrogens with one attached hydrogen (secondary N) is 1. The molecule has 6 heteroatoms. The predicted octanol–water partition coefficient (Wildman–Crippen LogP) is 4.05. The zero-order valence-corrected chi connectivity index (χ0v) is 13.6. The minimum absolute atomic E-state index is 0.112. The van der Waals surface area contributed by atoms with Gasteiger partial charge in [0.15, 0.2) is 0 Å². The van der Waals surface area contributed by atoms with Crippen molar-refractivity contribution in [1.82, 2.24) is 10.2 Å². The lowest BCUT2D eigenvalue weighted by Gasteiger charge is -2.36. The summed E-state index contributed by atoms with van der Waals surface area (Å²) < 4.78 is 38.8. The van der Waals surface area contributed by atoms with E-state index in [2.05, 4.69) is 26.1 Å². The van der Waals surface area contributed by atoms with Crippen LogP contribution in [0.2, 0.25) is 0 Å². The lowest BCUT2D eigenvalue weighted by Crippen LogP contribution is -2.45. The monoisotopic (exact) mass is 364 g/mol. The summed E-state index contributed by atoms with van der Waals surface area (Å²) in [5.74, 6) is 0. The van der Waals surface area contributed by atoms with E-state index < -0.39 is 12.6 Å². The Bertz CT molecular complexity index is 470. The minimum Gasteiger partial charge on any atom is -0.314 e. The maximum Gasteiger partial charge on any atom is 0.389 e.